The van der Waals surface area contributed by atoms with Crippen molar-refractivity contribution in [3.8, 4) is 5.69 Å². The van der Waals surface area contributed by atoms with Crippen LogP contribution in [0.2, 0.25) is 5.02 Å². The van der Waals surface area contributed by atoms with Crippen molar-refractivity contribution in [1.82, 2.24) is 25.2 Å². The summed E-state index contributed by atoms with van der Waals surface area (Å²) in [5, 5.41) is 10.9. The maximum atomic E-state index is 14.0. The summed E-state index contributed by atoms with van der Waals surface area (Å²) in [7, 11) is 0. The molecule has 1 aliphatic rings. The van der Waals surface area contributed by atoms with Gasteiger partial charge in [-0.15, -0.1) is 5.10 Å². The van der Waals surface area contributed by atoms with Gasteiger partial charge < -0.3 is 10.2 Å². The Balaban J connectivity index is 1.84. The molecule has 0 saturated carbocycles. The van der Waals surface area contributed by atoms with Crippen LogP contribution in [0.1, 0.15) is 17.4 Å². The first-order chi connectivity index (χ1) is 10.6. The Morgan fingerprint density at radius 1 is 1.50 bits per heavy atom. The number of hydrogen-bond donors (Lipinski definition) is 1. The Kier molecular flexibility index (Phi) is 4.08. The van der Waals surface area contributed by atoms with E-state index in [1.165, 1.54) is 23.0 Å². The third kappa shape index (κ3) is 2.82. The lowest BCUT2D eigenvalue weighted by atomic mass is 10.2. The number of amides is 1. The van der Waals surface area contributed by atoms with Crippen LogP contribution in [0.3, 0.4) is 0 Å². The van der Waals surface area contributed by atoms with Gasteiger partial charge in [-0.25, -0.2) is 9.07 Å². The predicted octanol–water partition coefficient (Wildman–Crippen LogP) is 1.49. The Bertz CT molecular complexity index is 704. The maximum Gasteiger partial charge on any atom is 0.276 e. The Morgan fingerprint density at radius 2 is 2.32 bits per heavy atom. The number of piperazine rings is 1. The zero-order valence-electron chi connectivity index (χ0n) is 12.0. The fraction of sp³-hybridized carbons (Fsp3) is 0.357. The van der Waals surface area contributed by atoms with Crippen LogP contribution in [0.5, 0.6) is 0 Å². The number of nitrogens with zero attached hydrogens (tertiary/aromatic N) is 4. The molecule has 1 aliphatic heterocycles. The van der Waals surface area contributed by atoms with E-state index >= 15 is 0 Å². The van der Waals surface area contributed by atoms with Gasteiger partial charge in [-0.05, 0) is 19.1 Å². The van der Waals surface area contributed by atoms with Gasteiger partial charge >= 0.3 is 0 Å². The molecule has 22 heavy (non-hydrogen) atoms. The summed E-state index contributed by atoms with van der Waals surface area (Å²) in [6.45, 7) is 3.97. The van der Waals surface area contributed by atoms with Gasteiger partial charge in [0.05, 0.1) is 11.2 Å². The summed E-state index contributed by atoms with van der Waals surface area (Å²) in [6, 6.07) is 4.82. The highest BCUT2D eigenvalue weighted by Gasteiger charge is 2.24. The van der Waals surface area contributed by atoms with Gasteiger partial charge in [-0.1, -0.05) is 22.9 Å². The summed E-state index contributed by atoms with van der Waals surface area (Å²) >= 11 is 5.75. The number of hydrogen-bond acceptors (Lipinski definition) is 4. The minimum Gasteiger partial charge on any atom is -0.334 e. The van der Waals surface area contributed by atoms with E-state index in [2.05, 4.69) is 15.6 Å². The molecule has 1 aromatic carbocycles. The Hall–Kier alpha value is -1.99. The molecule has 1 aromatic heterocycles. The molecule has 0 bridgehead atoms. The van der Waals surface area contributed by atoms with Gasteiger partial charge in [-0.3, -0.25) is 4.79 Å². The molecule has 116 valence electrons. The molecule has 0 unspecified atom stereocenters. The lowest BCUT2D eigenvalue weighted by molar-refractivity contribution is 0.0703. The Morgan fingerprint density at radius 3 is 3.09 bits per heavy atom. The molecule has 1 amide bonds. The van der Waals surface area contributed by atoms with Gasteiger partial charge in [0.1, 0.15) is 5.69 Å². The van der Waals surface area contributed by atoms with Gasteiger partial charge in [0.15, 0.2) is 11.5 Å². The van der Waals surface area contributed by atoms with Gasteiger partial charge in [0.2, 0.25) is 0 Å². The van der Waals surface area contributed by atoms with Crippen LogP contribution in [0.15, 0.2) is 24.4 Å². The number of rotatable bonds is 2. The van der Waals surface area contributed by atoms with Crippen LogP contribution < -0.4 is 5.32 Å². The van der Waals surface area contributed by atoms with Crippen LogP contribution in [-0.4, -0.2) is 51.5 Å². The molecule has 0 radical (unpaired) electrons. The van der Waals surface area contributed by atoms with E-state index in [9.17, 15) is 9.18 Å². The average molecular weight is 324 g/mol. The number of benzene rings is 1. The highest BCUT2D eigenvalue weighted by Crippen LogP contribution is 2.20. The second-order valence-corrected chi connectivity index (χ2v) is 5.63. The Labute approximate surface area is 131 Å². The molecule has 2 heterocycles. The first-order valence-electron chi connectivity index (χ1n) is 6.95. The highest BCUT2D eigenvalue weighted by atomic mass is 35.5. The summed E-state index contributed by atoms with van der Waals surface area (Å²) in [6.07, 6.45) is 1.42. The number of aromatic nitrogens is 3. The largest absolute Gasteiger partial charge is 0.334 e. The first-order valence-corrected chi connectivity index (χ1v) is 7.33. The summed E-state index contributed by atoms with van der Waals surface area (Å²) in [5.41, 5.74) is 0.348. The molecule has 1 fully saturated rings. The molecule has 1 saturated heterocycles. The number of halogens is 2. The van der Waals surface area contributed by atoms with Crippen molar-refractivity contribution in [3.05, 3.63) is 40.9 Å². The van der Waals surface area contributed by atoms with Crippen LogP contribution in [0, 0.1) is 5.82 Å². The predicted molar refractivity (Wildman–Crippen MR) is 79.7 cm³/mol. The van der Waals surface area contributed by atoms with Crippen LogP contribution in [-0.2, 0) is 0 Å². The zero-order valence-corrected chi connectivity index (χ0v) is 12.7. The molecular formula is C14H15ClFN5O. The molecule has 1 N–H and O–H groups in total. The van der Waals surface area contributed by atoms with E-state index in [-0.39, 0.29) is 28.4 Å². The fourth-order valence-electron chi connectivity index (χ4n) is 2.43. The van der Waals surface area contributed by atoms with Crippen LogP contribution in [0.4, 0.5) is 4.39 Å². The summed E-state index contributed by atoms with van der Waals surface area (Å²) in [5.74, 6) is -0.800. The van der Waals surface area contributed by atoms with Crippen molar-refractivity contribution in [2.24, 2.45) is 0 Å². The number of carbonyl (C=O) groups excluding carboxylic acids is 1. The SMILES string of the molecule is C[C@@H]1CN(C(=O)c2cn(-c3cccc(Cl)c3F)nn2)CCN1. The maximum absolute atomic E-state index is 14.0. The fourth-order valence-corrected chi connectivity index (χ4v) is 2.60. The number of carbonyl (C=O) groups is 1. The van der Waals surface area contributed by atoms with E-state index in [4.69, 9.17) is 11.6 Å². The van der Waals surface area contributed by atoms with Crippen LogP contribution >= 0.6 is 11.6 Å². The normalized spacial score (nSPS) is 18.5. The third-order valence-electron chi connectivity index (χ3n) is 3.55. The lowest BCUT2D eigenvalue weighted by Crippen LogP contribution is -2.51. The van der Waals surface area contributed by atoms with Crippen molar-refractivity contribution in [1.29, 1.82) is 0 Å². The van der Waals surface area contributed by atoms with E-state index in [0.29, 0.717) is 13.1 Å². The van der Waals surface area contributed by atoms with E-state index in [1.807, 2.05) is 6.92 Å². The van der Waals surface area contributed by atoms with E-state index in [1.54, 1.807) is 11.0 Å². The standard InChI is InChI=1S/C14H15ClFN5O/c1-9-7-20(6-5-17-9)14(22)11-8-21(19-18-11)12-4-2-3-10(15)13(12)16/h2-4,8-9,17H,5-7H2,1H3/t9-/m1/s1. The topological polar surface area (TPSA) is 63.1 Å². The first kappa shape index (κ1) is 14.9. The van der Waals surface area contributed by atoms with Gasteiger partial charge in [0.25, 0.3) is 5.91 Å². The molecule has 3 rings (SSSR count). The van der Waals surface area contributed by atoms with Gasteiger partial charge in [0, 0.05) is 25.7 Å². The molecule has 0 aliphatic carbocycles. The zero-order chi connectivity index (χ0) is 15.7. The van der Waals surface area contributed by atoms with Crippen molar-refractivity contribution in [3.63, 3.8) is 0 Å². The average Bonchev–Trinajstić information content (AvgIpc) is 2.99. The molecule has 1 atom stereocenters. The van der Waals surface area contributed by atoms with E-state index < -0.39 is 5.82 Å². The minimum absolute atomic E-state index is 0.00296. The molecule has 8 heteroatoms. The lowest BCUT2D eigenvalue weighted by Gasteiger charge is -2.31. The second-order valence-electron chi connectivity index (χ2n) is 5.23. The van der Waals surface area contributed by atoms with Crippen molar-refractivity contribution >= 4 is 17.5 Å². The highest BCUT2D eigenvalue weighted by molar-refractivity contribution is 6.30. The monoisotopic (exact) mass is 323 g/mol. The quantitative estimate of drug-likeness (QED) is 0.909. The third-order valence-corrected chi connectivity index (χ3v) is 3.84. The smallest absolute Gasteiger partial charge is 0.276 e. The molecule has 0 spiro atoms. The number of nitrogens with one attached hydrogen (secondary N) is 1. The molecule has 6 nitrogen and oxygen atoms in total. The molecular weight excluding hydrogens is 309 g/mol. The molecule has 2 aromatic rings. The summed E-state index contributed by atoms with van der Waals surface area (Å²) < 4.78 is 15.2. The van der Waals surface area contributed by atoms with Crippen molar-refractivity contribution < 1.29 is 9.18 Å². The van der Waals surface area contributed by atoms with E-state index in [0.717, 1.165) is 6.54 Å². The van der Waals surface area contributed by atoms with Crippen molar-refractivity contribution in [2.75, 3.05) is 19.6 Å². The van der Waals surface area contributed by atoms with Crippen LogP contribution in [0.25, 0.3) is 5.69 Å². The second kappa shape index (κ2) is 6.02. The minimum atomic E-state index is -0.594. The van der Waals surface area contributed by atoms with Gasteiger partial charge in [-0.2, -0.15) is 0 Å². The summed E-state index contributed by atoms with van der Waals surface area (Å²) in [4.78, 5) is 14.1. The van der Waals surface area contributed by atoms with Crippen molar-refractivity contribution in [2.45, 2.75) is 13.0 Å².